The lowest BCUT2D eigenvalue weighted by Gasteiger charge is -2.35. The summed E-state index contributed by atoms with van der Waals surface area (Å²) in [6.45, 7) is 11.4. The first-order chi connectivity index (χ1) is 8.67. The quantitative estimate of drug-likeness (QED) is 0.577. The summed E-state index contributed by atoms with van der Waals surface area (Å²) in [4.78, 5) is 0. The summed E-state index contributed by atoms with van der Waals surface area (Å²) in [5, 5.41) is 10.1. The molecule has 2 nitrogen and oxygen atoms in total. The van der Waals surface area contributed by atoms with Gasteiger partial charge in [-0.2, -0.15) is 0 Å². The second-order valence-electron chi connectivity index (χ2n) is 4.65. The fourth-order valence-electron chi connectivity index (χ4n) is 2.22. The Bertz CT molecular complexity index is 316. The van der Waals surface area contributed by atoms with Gasteiger partial charge in [0.25, 0.3) is 0 Å². The van der Waals surface area contributed by atoms with Crippen molar-refractivity contribution in [3.8, 4) is 0 Å². The van der Waals surface area contributed by atoms with E-state index in [1.807, 2.05) is 30.3 Å². The summed E-state index contributed by atoms with van der Waals surface area (Å²) >= 11 is 1.64. The molecule has 18 heavy (non-hydrogen) atoms. The minimum Gasteiger partial charge on any atom is -0.378 e. The van der Waals surface area contributed by atoms with Crippen LogP contribution in [0.2, 0.25) is 0 Å². The lowest BCUT2D eigenvalue weighted by molar-refractivity contribution is -0.920. The fraction of sp³-hybridized carbons (Fsp3) is 0.600. The molecular weight excluding hydrogens is 242 g/mol. The number of hydrogen-bond donors (Lipinski definition) is 1. The topological polar surface area (TPSA) is 20.2 Å². The molecule has 0 heterocycles. The van der Waals surface area contributed by atoms with Crippen molar-refractivity contribution in [3.05, 3.63) is 35.9 Å². The zero-order valence-corrected chi connectivity index (χ0v) is 12.6. The van der Waals surface area contributed by atoms with Crippen molar-refractivity contribution in [2.24, 2.45) is 0 Å². The predicted molar refractivity (Wildman–Crippen MR) is 80.6 cm³/mol. The first-order valence-corrected chi connectivity index (χ1v) is 7.92. The number of thioether (sulfide) groups is 1. The number of aliphatic hydroxyl groups is 1. The Morgan fingerprint density at radius 2 is 1.61 bits per heavy atom. The smallest absolute Gasteiger partial charge is 0.125 e. The van der Waals surface area contributed by atoms with Crippen molar-refractivity contribution in [1.82, 2.24) is 0 Å². The Balaban J connectivity index is 2.42. The van der Waals surface area contributed by atoms with Crippen LogP contribution < -0.4 is 0 Å². The maximum absolute atomic E-state index is 10.1. The largest absolute Gasteiger partial charge is 0.378 e. The zero-order valence-electron chi connectivity index (χ0n) is 11.8. The lowest BCUT2D eigenvalue weighted by Crippen LogP contribution is -2.49. The molecule has 1 rings (SSSR count). The highest BCUT2D eigenvalue weighted by Crippen LogP contribution is 2.26. The van der Waals surface area contributed by atoms with Gasteiger partial charge >= 0.3 is 0 Å². The molecule has 1 aromatic carbocycles. The highest BCUT2D eigenvalue weighted by molar-refractivity contribution is 7.99. The Hall–Kier alpha value is -0.510. The van der Waals surface area contributed by atoms with Gasteiger partial charge in [-0.1, -0.05) is 30.3 Å². The molecule has 1 aromatic rings. The summed E-state index contributed by atoms with van der Waals surface area (Å²) in [6, 6.07) is 9.90. The van der Waals surface area contributed by atoms with Crippen LogP contribution in [-0.2, 0) is 0 Å². The van der Waals surface area contributed by atoms with E-state index in [-0.39, 0.29) is 0 Å². The monoisotopic (exact) mass is 268 g/mol. The summed E-state index contributed by atoms with van der Waals surface area (Å²) in [5.74, 6) is 1.01. The highest BCUT2D eigenvalue weighted by atomic mass is 32.2. The molecule has 102 valence electrons. The molecule has 0 fully saturated rings. The van der Waals surface area contributed by atoms with Crippen LogP contribution in [0.3, 0.4) is 0 Å². The molecule has 0 aliphatic carbocycles. The summed E-state index contributed by atoms with van der Waals surface area (Å²) in [7, 11) is 0. The summed E-state index contributed by atoms with van der Waals surface area (Å²) in [6.07, 6.45) is 0. The number of benzene rings is 1. The molecule has 0 spiro atoms. The van der Waals surface area contributed by atoms with Gasteiger partial charge in [-0.25, -0.2) is 0 Å². The van der Waals surface area contributed by atoms with Crippen molar-refractivity contribution in [2.75, 3.05) is 31.9 Å². The Morgan fingerprint density at radius 1 is 1.06 bits per heavy atom. The molecule has 0 saturated carbocycles. The molecule has 1 atom stereocenters. The van der Waals surface area contributed by atoms with Crippen LogP contribution in [0.5, 0.6) is 0 Å². The lowest BCUT2D eigenvalue weighted by atomic mass is 10.2. The van der Waals surface area contributed by atoms with Gasteiger partial charge in [0.05, 0.1) is 26.2 Å². The van der Waals surface area contributed by atoms with Gasteiger partial charge in [-0.3, -0.25) is 0 Å². The molecule has 3 heteroatoms. The molecule has 1 unspecified atom stereocenters. The van der Waals surface area contributed by atoms with E-state index >= 15 is 0 Å². The highest BCUT2D eigenvalue weighted by Gasteiger charge is 2.20. The Labute approximate surface area is 116 Å². The van der Waals surface area contributed by atoms with E-state index in [1.165, 1.54) is 19.6 Å². The second-order valence-corrected chi connectivity index (χ2v) is 5.84. The summed E-state index contributed by atoms with van der Waals surface area (Å²) in [5.41, 5.74) is 0.615. The molecule has 0 aliphatic rings. The number of aliphatic hydroxyl groups excluding tert-OH is 1. The van der Waals surface area contributed by atoms with Crippen molar-refractivity contribution in [3.63, 3.8) is 0 Å². The number of rotatable bonds is 8. The van der Waals surface area contributed by atoms with Crippen LogP contribution in [0.4, 0.5) is 0 Å². The summed E-state index contributed by atoms with van der Waals surface area (Å²) < 4.78 is 1.15. The standard InChI is InChI=1S/C15H26NOS/c1-4-16(5-2,6-3)12-13-18-15(17)14-10-8-7-9-11-14/h7-11,15,17H,4-6,12-13H2,1-3H3/q+1. The van der Waals surface area contributed by atoms with Gasteiger partial charge in [-0.05, 0) is 26.3 Å². The van der Waals surface area contributed by atoms with Crippen molar-refractivity contribution >= 4 is 11.8 Å². The van der Waals surface area contributed by atoms with E-state index in [1.54, 1.807) is 11.8 Å². The number of nitrogens with zero attached hydrogens (tertiary/aromatic N) is 1. The maximum atomic E-state index is 10.1. The van der Waals surface area contributed by atoms with Crippen molar-refractivity contribution in [2.45, 2.75) is 26.2 Å². The molecule has 0 saturated heterocycles. The first-order valence-electron chi connectivity index (χ1n) is 6.87. The average Bonchev–Trinajstić information content (AvgIpc) is 2.45. The van der Waals surface area contributed by atoms with Gasteiger partial charge < -0.3 is 9.59 Å². The number of hydrogen-bond acceptors (Lipinski definition) is 2. The first kappa shape index (κ1) is 15.5. The molecule has 0 amide bonds. The molecule has 0 aromatic heterocycles. The van der Waals surface area contributed by atoms with Crippen LogP contribution in [-0.4, -0.2) is 41.5 Å². The van der Waals surface area contributed by atoms with Crippen LogP contribution in [0.1, 0.15) is 31.8 Å². The van der Waals surface area contributed by atoms with Crippen molar-refractivity contribution < 1.29 is 9.59 Å². The van der Waals surface area contributed by atoms with Crippen LogP contribution in [0.25, 0.3) is 0 Å². The SMILES string of the molecule is CC[N+](CC)(CC)CCSC(O)c1ccccc1. The van der Waals surface area contributed by atoms with E-state index in [0.29, 0.717) is 0 Å². The van der Waals surface area contributed by atoms with Crippen molar-refractivity contribution in [1.29, 1.82) is 0 Å². The fourth-order valence-corrected chi connectivity index (χ4v) is 3.28. The van der Waals surface area contributed by atoms with Gasteiger partial charge in [-0.15, -0.1) is 11.8 Å². The minimum absolute atomic E-state index is 0.390. The normalized spacial score (nSPS) is 13.6. The molecule has 0 aliphatic heterocycles. The van der Waals surface area contributed by atoms with E-state index < -0.39 is 5.44 Å². The third kappa shape index (κ3) is 4.30. The zero-order chi connectivity index (χ0) is 13.4. The Morgan fingerprint density at radius 3 is 2.11 bits per heavy atom. The predicted octanol–water partition coefficient (Wildman–Crippen LogP) is 3.29. The maximum Gasteiger partial charge on any atom is 0.125 e. The third-order valence-corrected chi connectivity index (χ3v) is 4.94. The van der Waals surface area contributed by atoms with E-state index in [9.17, 15) is 5.11 Å². The Kier molecular flexibility index (Phi) is 6.76. The van der Waals surface area contributed by atoms with E-state index in [4.69, 9.17) is 0 Å². The van der Waals surface area contributed by atoms with E-state index in [2.05, 4.69) is 20.8 Å². The molecule has 1 N–H and O–H groups in total. The molecule has 0 radical (unpaired) electrons. The average molecular weight is 268 g/mol. The second kappa shape index (κ2) is 7.82. The molecule has 0 bridgehead atoms. The minimum atomic E-state index is -0.390. The van der Waals surface area contributed by atoms with Crippen LogP contribution >= 0.6 is 11.8 Å². The third-order valence-electron chi connectivity index (χ3n) is 3.94. The van der Waals surface area contributed by atoms with Crippen LogP contribution in [0, 0.1) is 0 Å². The van der Waals surface area contributed by atoms with Gasteiger partial charge in [0.2, 0.25) is 0 Å². The van der Waals surface area contributed by atoms with Gasteiger partial charge in [0, 0.05) is 5.75 Å². The van der Waals surface area contributed by atoms with Gasteiger partial charge in [0.1, 0.15) is 5.44 Å². The van der Waals surface area contributed by atoms with E-state index in [0.717, 1.165) is 22.3 Å². The number of quaternary nitrogens is 1. The molecular formula is C15H26NOS+. The van der Waals surface area contributed by atoms with Gasteiger partial charge in [0.15, 0.2) is 0 Å². The van der Waals surface area contributed by atoms with Crippen LogP contribution in [0.15, 0.2) is 30.3 Å².